The lowest BCUT2D eigenvalue weighted by Crippen LogP contribution is -2.40. The average molecular weight is 207 g/mol. The molecule has 0 fully saturated rings. The number of fused-ring (bicyclic) bond motifs is 1. The van der Waals surface area contributed by atoms with Crippen LogP contribution in [0.5, 0.6) is 0 Å². The second-order valence-electron chi connectivity index (χ2n) is 4.49. The van der Waals surface area contributed by atoms with Crippen LogP contribution in [0.15, 0.2) is 6.20 Å². The molecule has 0 aliphatic heterocycles. The fourth-order valence-corrected chi connectivity index (χ4v) is 2.42. The van der Waals surface area contributed by atoms with Crippen LogP contribution in [0.2, 0.25) is 0 Å². The summed E-state index contributed by atoms with van der Waals surface area (Å²) in [4.78, 5) is 0. The summed E-state index contributed by atoms with van der Waals surface area (Å²) in [5, 5.41) is 10.9. The van der Waals surface area contributed by atoms with Crippen LogP contribution >= 0.6 is 0 Å². The first-order valence-corrected chi connectivity index (χ1v) is 6.10. The molecule has 0 aromatic carbocycles. The Morgan fingerprint density at radius 3 is 3.07 bits per heavy atom. The van der Waals surface area contributed by atoms with E-state index in [0.717, 1.165) is 12.8 Å². The van der Waals surface area contributed by atoms with E-state index in [-0.39, 0.29) is 0 Å². The average Bonchev–Trinajstić information content (AvgIpc) is 2.73. The Hall–Kier alpha value is -0.830. The van der Waals surface area contributed by atoms with Gasteiger partial charge in [-0.15, -0.1) is 0 Å². The third kappa shape index (κ3) is 2.40. The molecule has 1 aliphatic rings. The molecule has 1 aromatic heterocycles. The minimum absolute atomic E-state index is 0.653. The molecule has 3 nitrogen and oxygen atoms in total. The van der Waals surface area contributed by atoms with Crippen LogP contribution in [0.25, 0.3) is 0 Å². The first-order valence-electron chi connectivity index (χ1n) is 6.10. The van der Waals surface area contributed by atoms with E-state index in [1.165, 1.54) is 30.5 Å². The molecule has 0 radical (unpaired) electrons. The molecule has 2 N–H and O–H groups in total. The molecular formula is C12H21N3. The van der Waals surface area contributed by atoms with E-state index >= 15 is 0 Å². The highest BCUT2D eigenvalue weighted by molar-refractivity contribution is 5.21. The zero-order valence-electron chi connectivity index (χ0n) is 9.71. The smallest absolute Gasteiger partial charge is 0.0522 e. The molecule has 1 atom stereocenters. The van der Waals surface area contributed by atoms with Gasteiger partial charge in [0.05, 0.1) is 6.20 Å². The third-order valence-electron chi connectivity index (χ3n) is 3.47. The predicted molar refractivity (Wildman–Crippen MR) is 61.9 cm³/mol. The summed E-state index contributed by atoms with van der Waals surface area (Å²) in [5.41, 5.74) is 2.75. The molecule has 0 saturated heterocycles. The molecule has 0 spiro atoms. The van der Waals surface area contributed by atoms with Crippen LogP contribution in [-0.4, -0.2) is 22.3 Å². The van der Waals surface area contributed by atoms with Crippen LogP contribution in [0.3, 0.4) is 0 Å². The largest absolute Gasteiger partial charge is 0.311 e. The maximum atomic E-state index is 4.10. The molecular weight excluding hydrogens is 186 g/mol. The molecule has 15 heavy (non-hydrogen) atoms. The lowest BCUT2D eigenvalue weighted by Gasteiger charge is -2.27. The zero-order valence-corrected chi connectivity index (χ0v) is 9.71. The van der Waals surface area contributed by atoms with E-state index in [0.29, 0.717) is 12.1 Å². The predicted octanol–water partition coefficient (Wildman–Crippen LogP) is 2.05. The highest BCUT2D eigenvalue weighted by Gasteiger charge is 2.21. The number of hydrogen-bond acceptors (Lipinski definition) is 2. The van der Waals surface area contributed by atoms with E-state index < -0.39 is 0 Å². The normalized spacial score (nSPS) is 20.6. The Bertz CT molecular complexity index is 302. The van der Waals surface area contributed by atoms with E-state index in [2.05, 4.69) is 29.4 Å². The van der Waals surface area contributed by atoms with Crippen molar-refractivity contribution in [2.45, 2.75) is 58.0 Å². The standard InChI is InChI=1S/C12H21N3/c1-3-10(4-2)14-11-5-6-12-9(7-11)8-13-15-12/h8,10-11,14H,3-7H2,1-2H3,(H,13,15). The summed E-state index contributed by atoms with van der Waals surface area (Å²) in [6.45, 7) is 4.51. The quantitative estimate of drug-likeness (QED) is 0.793. The van der Waals surface area contributed by atoms with Crippen molar-refractivity contribution in [1.82, 2.24) is 15.5 Å². The van der Waals surface area contributed by atoms with Gasteiger partial charge in [0, 0.05) is 17.8 Å². The molecule has 0 bridgehead atoms. The minimum Gasteiger partial charge on any atom is -0.311 e. The topological polar surface area (TPSA) is 40.7 Å². The number of nitrogens with zero attached hydrogens (tertiary/aromatic N) is 1. The highest BCUT2D eigenvalue weighted by atomic mass is 15.1. The van der Waals surface area contributed by atoms with Crippen molar-refractivity contribution in [3.63, 3.8) is 0 Å². The van der Waals surface area contributed by atoms with Gasteiger partial charge < -0.3 is 5.32 Å². The number of aryl methyl sites for hydroxylation is 1. The summed E-state index contributed by atoms with van der Waals surface area (Å²) in [7, 11) is 0. The summed E-state index contributed by atoms with van der Waals surface area (Å²) in [5.74, 6) is 0. The molecule has 1 unspecified atom stereocenters. The number of rotatable bonds is 4. The van der Waals surface area contributed by atoms with Gasteiger partial charge in [0.15, 0.2) is 0 Å². The first kappa shape index (κ1) is 10.7. The number of nitrogens with one attached hydrogen (secondary N) is 2. The van der Waals surface area contributed by atoms with Crippen molar-refractivity contribution in [3.8, 4) is 0 Å². The molecule has 1 heterocycles. The van der Waals surface area contributed by atoms with Gasteiger partial charge in [-0.1, -0.05) is 13.8 Å². The van der Waals surface area contributed by atoms with Crippen molar-refractivity contribution in [2.24, 2.45) is 0 Å². The van der Waals surface area contributed by atoms with Crippen LogP contribution in [0, 0.1) is 0 Å². The number of aromatic nitrogens is 2. The maximum absolute atomic E-state index is 4.10. The summed E-state index contributed by atoms with van der Waals surface area (Å²) >= 11 is 0. The third-order valence-corrected chi connectivity index (χ3v) is 3.47. The van der Waals surface area contributed by atoms with Crippen molar-refractivity contribution in [2.75, 3.05) is 0 Å². The van der Waals surface area contributed by atoms with Gasteiger partial charge in [-0.05, 0) is 37.7 Å². The van der Waals surface area contributed by atoms with Gasteiger partial charge in [-0.25, -0.2) is 0 Å². The molecule has 1 aromatic rings. The first-order chi connectivity index (χ1) is 7.33. The zero-order chi connectivity index (χ0) is 10.7. The van der Waals surface area contributed by atoms with Crippen molar-refractivity contribution in [1.29, 1.82) is 0 Å². The monoisotopic (exact) mass is 207 g/mol. The van der Waals surface area contributed by atoms with E-state index in [1.54, 1.807) is 0 Å². The van der Waals surface area contributed by atoms with Gasteiger partial charge in [0.1, 0.15) is 0 Å². The maximum Gasteiger partial charge on any atom is 0.0522 e. The Labute approximate surface area is 91.7 Å². The van der Waals surface area contributed by atoms with Gasteiger partial charge in [0.2, 0.25) is 0 Å². The van der Waals surface area contributed by atoms with Crippen molar-refractivity contribution in [3.05, 3.63) is 17.5 Å². The Balaban J connectivity index is 1.92. The van der Waals surface area contributed by atoms with E-state index in [9.17, 15) is 0 Å². The molecule has 2 rings (SSSR count). The Morgan fingerprint density at radius 1 is 1.53 bits per heavy atom. The summed E-state index contributed by atoms with van der Waals surface area (Å²) < 4.78 is 0. The van der Waals surface area contributed by atoms with Gasteiger partial charge in [0.25, 0.3) is 0 Å². The summed E-state index contributed by atoms with van der Waals surface area (Å²) in [6.07, 6.45) is 7.97. The van der Waals surface area contributed by atoms with Gasteiger partial charge in [-0.2, -0.15) is 5.10 Å². The lowest BCUT2D eigenvalue weighted by atomic mass is 9.92. The fraction of sp³-hybridized carbons (Fsp3) is 0.750. The fourth-order valence-electron chi connectivity index (χ4n) is 2.42. The molecule has 0 saturated carbocycles. The number of aromatic amines is 1. The van der Waals surface area contributed by atoms with Crippen LogP contribution in [0.1, 0.15) is 44.4 Å². The molecule has 84 valence electrons. The minimum atomic E-state index is 0.653. The molecule has 3 heteroatoms. The number of H-pyrrole nitrogens is 1. The SMILES string of the molecule is CCC(CC)NC1CCc2[nH]ncc2C1. The Kier molecular flexibility index (Phi) is 3.41. The lowest BCUT2D eigenvalue weighted by molar-refractivity contribution is 0.377. The van der Waals surface area contributed by atoms with Gasteiger partial charge >= 0.3 is 0 Å². The van der Waals surface area contributed by atoms with Gasteiger partial charge in [-0.3, -0.25) is 5.10 Å². The van der Waals surface area contributed by atoms with Crippen molar-refractivity contribution < 1.29 is 0 Å². The molecule has 0 amide bonds. The number of hydrogen-bond donors (Lipinski definition) is 2. The second-order valence-corrected chi connectivity index (χ2v) is 4.49. The van der Waals surface area contributed by atoms with Crippen molar-refractivity contribution >= 4 is 0 Å². The van der Waals surface area contributed by atoms with Crippen LogP contribution < -0.4 is 5.32 Å². The highest BCUT2D eigenvalue weighted by Crippen LogP contribution is 2.19. The van der Waals surface area contributed by atoms with Crippen LogP contribution in [0.4, 0.5) is 0 Å². The van der Waals surface area contributed by atoms with Crippen LogP contribution in [-0.2, 0) is 12.8 Å². The molecule has 1 aliphatic carbocycles. The second kappa shape index (κ2) is 4.79. The summed E-state index contributed by atoms with van der Waals surface area (Å²) in [6, 6.07) is 1.34. The Morgan fingerprint density at radius 2 is 2.33 bits per heavy atom. The van der Waals surface area contributed by atoms with E-state index in [4.69, 9.17) is 0 Å². The van der Waals surface area contributed by atoms with E-state index in [1.807, 2.05) is 6.20 Å².